The highest BCUT2D eigenvalue weighted by molar-refractivity contribution is 5.98. The summed E-state index contributed by atoms with van der Waals surface area (Å²) in [4.78, 5) is 36.6. The average Bonchev–Trinajstić information content (AvgIpc) is 2.79. The van der Waals surface area contributed by atoms with Gasteiger partial charge in [-0.2, -0.15) is 0 Å². The average molecular weight is 281 g/mol. The Kier molecular flexibility index (Phi) is 4.45. The van der Waals surface area contributed by atoms with Gasteiger partial charge in [0.25, 0.3) is 0 Å². The molecule has 2 aliphatic rings. The summed E-state index contributed by atoms with van der Waals surface area (Å²) in [6, 6.07) is 0. The van der Waals surface area contributed by atoms with Gasteiger partial charge in [0.15, 0.2) is 0 Å². The summed E-state index contributed by atoms with van der Waals surface area (Å²) < 4.78 is 0. The van der Waals surface area contributed by atoms with Gasteiger partial charge in [-0.3, -0.25) is 19.3 Å². The maximum absolute atomic E-state index is 12.3. The quantitative estimate of drug-likeness (QED) is 0.784. The first-order valence-corrected chi connectivity index (χ1v) is 7.51. The molecule has 0 aromatic rings. The highest BCUT2D eigenvalue weighted by Crippen LogP contribution is 2.47. The van der Waals surface area contributed by atoms with Crippen LogP contribution in [0.3, 0.4) is 0 Å². The number of nitrogens with zero attached hydrogens (tertiary/aromatic N) is 1. The van der Waals surface area contributed by atoms with Gasteiger partial charge in [0, 0.05) is 25.8 Å². The minimum atomic E-state index is -0.874. The second-order valence-corrected chi connectivity index (χ2v) is 6.33. The van der Waals surface area contributed by atoms with E-state index in [4.69, 9.17) is 5.11 Å². The Labute approximate surface area is 119 Å². The summed E-state index contributed by atoms with van der Waals surface area (Å²) in [5.74, 6) is -1.22. The smallest absolute Gasteiger partial charge is 0.303 e. The molecule has 5 nitrogen and oxygen atoms in total. The fourth-order valence-corrected chi connectivity index (χ4v) is 3.56. The van der Waals surface area contributed by atoms with E-state index in [2.05, 4.69) is 0 Å². The van der Waals surface area contributed by atoms with Crippen LogP contribution in [0.15, 0.2) is 0 Å². The molecule has 1 atom stereocenters. The van der Waals surface area contributed by atoms with Gasteiger partial charge in [0.05, 0.1) is 0 Å². The third-order valence-electron chi connectivity index (χ3n) is 4.80. The summed E-state index contributed by atoms with van der Waals surface area (Å²) >= 11 is 0. The molecule has 1 saturated heterocycles. The van der Waals surface area contributed by atoms with E-state index in [1.54, 1.807) is 0 Å². The molecule has 1 unspecified atom stereocenters. The molecule has 2 fully saturated rings. The molecule has 1 N–H and O–H groups in total. The highest BCUT2D eigenvalue weighted by atomic mass is 16.4. The van der Waals surface area contributed by atoms with Crippen LogP contribution >= 0.6 is 0 Å². The molecule has 1 aliphatic carbocycles. The fourth-order valence-electron chi connectivity index (χ4n) is 3.56. The number of likely N-dealkylation sites (tertiary alicyclic amines) is 1. The van der Waals surface area contributed by atoms with E-state index >= 15 is 0 Å². The first-order valence-electron chi connectivity index (χ1n) is 7.51. The lowest BCUT2D eigenvalue weighted by atomic mass is 9.76. The third-order valence-corrected chi connectivity index (χ3v) is 4.80. The number of carboxylic acid groups (broad SMARTS) is 1. The first kappa shape index (κ1) is 15.0. The van der Waals surface area contributed by atoms with Crippen molar-refractivity contribution in [3.63, 3.8) is 0 Å². The van der Waals surface area contributed by atoms with Crippen LogP contribution in [0, 0.1) is 11.3 Å². The summed E-state index contributed by atoms with van der Waals surface area (Å²) in [6.45, 7) is 2.15. The third kappa shape index (κ3) is 3.19. The minimum Gasteiger partial charge on any atom is -0.481 e. The minimum absolute atomic E-state index is 0.0126. The van der Waals surface area contributed by atoms with Crippen molar-refractivity contribution in [1.29, 1.82) is 0 Å². The van der Waals surface area contributed by atoms with Crippen molar-refractivity contribution in [2.75, 3.05) is 6.54 Å². The lowest BCUT2D eigenvalue weighted by Crippen LogP contribution is -2.49. The van der Waals surface area contributed by atoms with E-state index in [9.17, 15) is 14.4 Å². The lowest BCUT2D eigenvalue weighted by Gasteiger charge is -2.38. The normalized spacial score (nSPS) is 23.4. The van der Waals surface area contributed by atoms with Gasteiger partial charge in [-0.1, -0.05) is 26.2 Å². The molecular weight excluding hydrogens is 258 g/mol. The van der Waals surface area contributed by atoms with Crippen LogP contribution in [0.4, 0.5) is 0 Å². The van der Waals surface area contributed by atoms with E-state index in [0.29, 0.717) is 19.3 Å². The number of piperidine rings is 1. The van der Waals surface area contributed by atoms with Crippen LogP contribution in [-0.2, 0) is 14.4 Å². The Morgan fingerprint density at radius 1 is 1.25 bits per heavy atom. The molecule has 112 valence electrons. The Hall–Kier alpha value is -1.39. The van der Waals surface area contributed by atoms with Gasteiger partial charge in [-0.15, -0.1) is 0 Å². The highest BCUT2D eigenvalue weighted by Gasteiger charge is 2.45. The van der Waals surface area contributed by atoms with Crippen molar-refractivity contribution in [1.82, 2.24) is 4.90 Å². The van der Waals surface area contributed by atoms with Crippen molar-refractivity contribution in [3.05, 3.63) is 0 Å². The van der Waals surface area contributed by atoms with Gasteiger partial charge in [-0.25, -0.2) is 0 Å². The van der Waals surface area contributed by atoms with E-state index in [1.165, 1.54) is 4.90 Å². The number of hydrogen-bond donors (Lipinski definition) is 1. The molecule has 1 saturated carbocycles. The number of imide groups is 1. The number of hydrogen-bond acceptors (Lipinski definition) is 3. The van der Waals surface area contributed by atoms with Crippen LogP contribution in [0.5, 0.6) is 0 Å². The predicted octanol–water partition coefficient (Wildman–Crippen LogP) is 2.20. The number of carbonyl (C=O) groups is 3. The standard InChI is InChI=1S/C15H23NO4/c1-2-11(7-14(19)20)10-16-12(17)8-15(9-13(16)18)5-3-4-6-15/h11H,2-10H2,1H3,(H,19,20). The summed E-state index contributed by atoms with van der Waals surface area (Å²) in [5.41, 5.74) is -0.0842. The molecule has 2 rings (SSSR count). The van der Waals surface area contributed by atoms with Crippen molar-refractivity contribution < 1.29 is 19.5 Å². The largest absolute Gasteiger partial charge is 0.481 e. The Morgan fingerprint density at radius 2 is 1.80 bits per heavy atom. The van der Waals surface area contributed by atoms with Gasteiger partial charge >= 0.3 is 5.97 Å². The molecular formula is C15H23NO4. The number of carboxylic acids is 1. The Balaban J connectivity index is 2.00. The summed E-state index contributed by atoms with van der Waals surface area (Å²) in [6.07, 6.45) is 5.77. The zero-order valence-corrected chi connectivity index (χ0v) is 12.1. The first-order chi connectivity index (χ1) is 9.46. The van der Waals surface area contributed by atoms with E-state index in [-0.39, 0.29) is 36.1 Å². The maximum Gasteiger partial charge on any atom is 0.303 e. The van der Waals surface area contributed by atoms with E-state index < -0.39 is 5.97 Å². The van der Waals surface area contributed by atoms with Crippen LogP contribution < -0.4 is 0 Å². The van der Waals surface area contributed by atoms with Gasteiger partial charge < -0.3 is 5.11 Å². The summed E-state index contributed by atoms with van der Waals surface area (Å²) in [5, 5.41) is 8.86. The Bertz CT molecular complexity index is 392. The van der Waals surface area contributed by atoms with Crippen LogP contribution in [0.25, 0.3) is 0 Å². The second-order valence-electron chi connectivity index (χ2n) is 6.33. The predicted molar refractivity (Wildman–Crippen MR) is 72.9 cm³/mol. The molecule has 0 aromatic heterocycles. The number of amides is 2. The van der Waals surface area contributed by atoms with Crippen molar-refractivity contribution in [2.24, 2.45) is 11.3 Å². The number of aliphatic carboxylic acids is 1. The van der Waals surface area contributed by atoms with Gasteiger partial charge in [0.2, 0.25) is 11.8 Å². The van der Waals surface area contributed by atoms with Gasteiger partial charge in [-0.05, 0) is 24.2 Å². The number of rotatable bonds is 5. The molecule has 1 spiro atoms. The zero-order valence-electron chi connectivity index (χ0n) is 12.1. The summed E-state index contributed by atoms with van der Waals surface area (Å²) in [7, 11) is 0. The van der Waals surface area contributed by atoms with Crippen LogP contribution in [0.1, 0.15) is 58.3 Å². The van der Waals surface area contributed by atoms with Crippen molar-refractivity contribution in [3.8, 4) is 0 Å². The molecule has 0 radical (unpaired) electrons. The monoisotopic (exact) mass is 281 g/mol. The number of carbonyl (C=O) groups excluding carboxylic acids is 2. The molecule has 5 heteroatoms. The SMILES string of the molecule is CCC(CC(=O)O)CN1C(=O)CC2(CCCC2)CC1=O. The zero-order chi connectivity index (χ0) is 14.8. The van der Waals surface area contributed by atoms with Crippen molar-refractivity contribution >= 4 is 17.8 Å². The molecule has 20 heavy (non-hydrogen) atoms. The molecule has 0 bridgehead atoms. The van der Waals surface area contributed by atoms with Gasteiger partial charge in [0.1, 0.15) is 0 Å². The van der Waals surface area contributed by atoms with E-state index in [0.717, 1.165) is 25.7 Å². The van der Waals surface area contributed by atoms with E-state index in [1.807, 2.05) is 6.92 Å². The van der Waals surface area contributed by atoms with Crippen LogP contribution in [-0.4, -0.2) is 34.3 Å². The molecule has 1 heterocycles. The lowest BCUT2D eigenvalue weighted by molar-refractivity contribution is -0.155. The molecule has 1 aliphatic heterocycles. The second kappa shape index (κ2) is 5.94. The topological polar surface area (TPSA) is 74.7 Å². The maximum atomic E-state index is 12.3. The van der Waals surface area contributed by atoms with Crippen molar-refractivity contribution in [2.45, 2.75) is 58.3 Å². The molecule has 0 aromatic carbocycles. The molecule has 2 amide bonds. The Morgan fingerprint density at radius 3 is 2.25 bits per heavy atom. The fraction of sp³-hybridized carbons (Fsp3) is 0.800. The van der Waals surface area contributed by atoms with Crippen LogP contribution in [0.2, 0.25) is 0 Å².